The van der Waals surface area contributed by atoms with Gasteiger partial charge in [0.05, 0.1) is 12.1 Å². The maximum absolute atomic E-state index is 9.66. The first-order chi connectivity index (χ1) is 8.64. The summed E-state index contributed by atoms with van der Waals surface area (Å²) in [4.78, 5) is 4.31. The topological polar surface area (TPSA) is 45.1 Å². The Hall–Kier alpha value is -1.87. The minimum absolute atomic E-state index is 0.00652. The molecule has 2 N–H and O–H groups in total. The molecular formula is C15H18N2O. The number of rotatable bonds is 4. The van der Waals surface area contributed by atoms with Gasteiger partial charge < -0.3 is 10.4 Å². The lowest BCUT2D eigenvalue weighted by atomic mass is 9.93. The molecule has 0 aliphatic heterocycles. The maximum atomic E-state index is 9.66. The molecule has 0 aliphatic rings. The number of pyridine rings is 1. The minimum Gasteiger partial charge on any atom is -0.394 e. The summed E-state index contributed by atoms with van der Waals surface area (Å²) in [6.07, 6.45) is 1.81. The predicted molar refractivity (Wildman–Crippen MR) is 73.5 cm³/mol. The molecule has 18 heavy (non-hydrogen) atoms. The van der Waals surface area contributed by atoms with Gasteiger partial charge >= 0.3 is 0 Å². The summed E-state index contributed by atoms with van der Waals surface area (Å²) in [5.74, 6) is 0.765. The highest BCUT2D eigenvalue weighted by Crippen LogP contribution is 2.24. The van der Waals surface area contributed by atoms with Crippen LogP contribution in [0.1, 0.15) is 18.1 Å². The first-order valence-electron chi connectivity index (χ1n) is 6.01. The molecule has 0 amide bonds. The fourth-order valence-corrected chi connectivity index (χ4v) is 1.83. The zero-order chi connectivity index (χ0) is 13.0. The zero-order valence-electron chi connectivity index (χ0n) is 10.7. The molecule has 0 saturated heterocycles. The van der Waals surface area contributed by atoms with Crippen molar-refractivity contribution in [2.24, 2.45) is 0 Å². The number of aliphatic hydroxyl groups excluding tert-OH is 1. The van der Waals surface area contributed by atoms with Crippen molar-refractivity contribution >= 4 is 5.82 Å². The fourth-order valence-electron chi connectivity index (χ4n) is 1.83. The fraction of sp³-hybridized carbons (Fsp3) is 0.267. The molecule has 2 aromatic rings. The van der Waals surface area contributed by atoms with Crippen molar-refractivity contribution in [2.45, 2.75) is 19.4 Å². The van der Waals surface area contributed by atoms with E-state index in [0.717, 1.165) is 16.9 Å². The van der Waals surface area contributed by atoms with Crippen molar-refractivity contribution in [3.05, 3.63) is 59.8 Å². The molecule has 0 radical (unpaired) electrons. The number of nitrogens with zero attached hydrogens (tertiary/aromatic N) is 1. The van der Waals surface area contributed by atoms with E-state index in [0.29, 0.717) is 0 Å². The number of anilines is 1. The van der Waals surface area contributed by atoms with Crippen molar-refractivity contribution in [3.63, 3.8) is 0 Å². The van der Waals surface area contributed by atoms with Gasteiger partial charge in [0.25, 0.3) is 0 Å². The molecule has 0 saturated carbocycles. The van der Waals surface area contributed by atoms with E-state index in [1.165, 1.54) is 0 Å². The lowest BCUT2D eigenvalue weighted by molar-refractivity contribution is 0.223. The van der Waals surface area contributed by atoms with Crippen LogP contribution in [-0.4, -0.2) is 16.7 Å². The summed E-state index contributed by atoms with van der Waals surface area (Å²) < 4.78 is 0. The number of aromatic nitrogens is 1. The van der Waals surface area contributed by atoms with Gasteiger partial charge in [0.2, 0.25) is 0 Å². The van der Waals surface area contributed by atoms with Gasteiger partial charge in [0.1, 0.15) is 5.82 Å². The Morgan fingerprint density at radius 3 is 2.44 bits per heavy atom. The molecule has 0 spiro atoms. The van der Waals surface area contributed by atoms with Gasteiger partial charge in [-0.15, -0.1) is 0 Å². The van der Waals surface area contributed by atoms with Crippen molar-refractivity contribution in [1.82, 2.24) is 4.98 Å². The van der Waals surface area contributed by atoms with Gasteiger partial charge in [-0.3, -0.25) is 0 Å². The highest BCUT2D eigenvalue weighted by Gasteiger charge is 2.25. The summed E-state index contributed by atoms with van der Waals surface area (Å²) in [6.45, 7) is 3.97. The Bertz CT molecular complexity index is 496. The van der Waals surface area contributed by atoms with Gasteiger partial charge in [0.15, 0.2) is 0 Å². The zero-order valence-corrected chi connectivity index (χ0v) is 10.7. The molecule has 1 heterocycles. The molecule has 94 valence electrons. The van der Waals surface area contributed by atoms with E-state index in [-0.39, 0.29) is 6.61 Å². The second kappa shape index (κ2) is 5.19. The molecule has 1 aromatic carbocycles. The average molecular weight is 242 g/mol. The molecule has 0 aliphatic carbocycles. The second-order valence-corrected chi connectivity index (χ2v) is 4.70. The largest absolute Gasteiger partial charge is 0.394 e. The van der Waals surface area contributed by atoms with Gasteiger partial charge in [0, 0.05) is 6.20 Å². The number of nitrogens with one attached hydrogen (secondary N) is 1. The SMILES string of the molecule is Cc1ccc(NC(C)(CO)c2ccccc2)nc1. The standard InChI is InChI=1S/C15H18N2O/c1-12-8-9-14(16-10-12)17-15(2,11-18)13-6-4-3-5-7-13/h3-10,18H,11H2,1-2H3,(H,16,17). The maximum Gasteiger partial charge on any atom is 0.126 e. The molecule has 3 nitrogen and oxygen atoms in total. The second-order valence-electron chi connectivity index (χ2n) is 4.70. The average Bonchev–Trinajstić information content (AvgIpc) is 2.42. The van der Waals surface area contributed by atoms with Crippen LogP contribution in [0.25, 0.3) is 0 Å². The van der Waals surface area contributed by atoms with E-state index in [4.69, 9.17) is 0 Å². The van der Waals surface area contributed by atoms with Crippen LogP contribution in [0, 0.1) is 6.92 Å². The van der Waals surface area contributed by atoms with Gasteiger partial charge in [-0.05, 0) is 31.0 Å². The Balaban J connectivity index is 2.26. The predicted octanol–water partition coefficient (Wildman–Crippen LogP) is 2.71. The Labute approximate surface area is 108 Å². The molecule has 1 aromatic heterocycles. The van der Waals surface area contributed by atoms with Crippen molar-refractivity contribution in [1.29, 1.82) is 0 Å². The van der Waals surface area contributed by atoms with Crippen molar-refractivity contribution in [3.8, 4) is 0 Å². The number of benzene rings is 1. The van der Waals surface area contributed by atoms with Crippen LogP contribution < -0.4 is 5.32 Å². The minimum atomic E-state index is -0.524. The molecule has 3 heteroatoms. The number of hydrogen-bond donors (Lipinski definition) is 2. The van der Waals surface area contributed by atoms with Crippen LogP contribution in [-0.2, 0) is 5.54 Å². The third kappa shape index (κ3) is 2.68. The summed E-state index contributed by atoms with van der Waals surface area (Å²) >= 11 is 0. The highest BCUT2D eigenvalue weighted by molar-refractivity contribution is 5.42. The van der Waals surface area contributed by atoms with Crippen LogP contribution >= 0.6 is 0 Å². The summed E-state index contributed by atoms with van der Waals surface area (Å²) in [7, 11) is 0. The summed E-state index contributed by atoms with van der Waals surface area (Å²) in [5.41, 5.74) is 1.63. The first-order valence-corrected chi connectivity index (χ1v) is 6.01. The third-order valence-electron chi connectivity index (χ3n) is 3.04. The number of hydrogen-bond acceptors (Lipinski definition) is 3. The van der Waals surface area contributed by atoms with Crippen LogP contribution in [0.5, 0.6) is 0 Å². The van der Waals surface area contributed by atoms with Crippen LogP contribution in [0.2, 0.25) is 0 Å². The smallest absolute Gasteiger partial charge is 0.126 e. The molecule has 0 fully saturated rings. The van der Waals surface area contributed by atoms with E-state index >= 15 is 0 Å². The Morgan fingerprint density at radius 1 is 1.17 bits per heavy atom. The summed E-state index contributed by atoms with van der Waals surface area (Å²) in [6, 6.07) is 13.8. The van der Waals surface area contributed by atoms with E-state index in [2.05, 4.69) is 10.3 Å². The van der Waals surface area contributed by atoms with Crippen molar-refractivity contribution in [2.75, 3.05) is 11.9 Å². The lowest BCUT2D eigenvalue weighted by Crippen LogP contribution is -2.36. The normalized spacial score (nSPS) is 13.9. The van der Waals surface area contributed by atoms with E-state index in [1.807, 2.05) is 62.5 Å². The third-order valence-corrected chi connectivity index (χ3v) is 3.04. The van der Waals surface area contributed by atoms with Crippen LogP contribution in [0.4, 0.5) is 5.82 Å². The van der Waals surface area contributed by atoms with Gasteiger partial charge in [-0.1, -0.05) is 36.4 Å². The summed E-state index contributed by atoms with van der Waals surface area (Å²) in [5, 5.41) is 13.0. The van der Waals surface area contributed by atoms with E-state index < -0.39 is 5.54 Å². The number of aryl methyl sites for hydroxylation is 1. The first kappa shape index (κ1) is 12.6. The molecule has 2 rings (SSSR count). The Kier molecular flexibility index (Phi) is 3.63. The lowest BCUT2D eigenvalue weighted by Gasteiger charge is -2.30. The highest BCUT2D eigenvalue weighted by atomic mass is 16.3. The van der Waals surface area contributed by atoms with Gasteiger partial charge in [-0.2, -0.15) is 0 Å². The van der Waals surface area contributed by atoms with Crippen LogP contribution in [0.15, 0.2) is 48.7 Å². The van der Waals surface area contributed by atoms with Crippen LogP contribution in [0.3, 0.4) is 0 Å². The molecule has 1 atom stereocenters. The molecular weight excluding hydrogens is 224 g/mol. The quantitative estimate of drug-likeness (QED) is 0.866. The van der Waals surface area contributed by atoms with E-state index in [1.54, 1.807) is 0 Å². The van der Waals surface area contributed by atoms with Gasteiger partial charge in [-0.25, -0.2) is 4.98 Å². The van der Waals surface area contributed by atoms with E-state index in [9.17, 15) is 5.11 Å². The molecule has 0 bridgehead atoms. The Morgan fingerprint density at radius 2 is 1.89 bits per heavy atom. The van der Waals surface area contributed by atoms with Crippen molar-refractivity contribution < 1.29 is 5.11 Å². The molecule has 1 unspecified atom stereocenters. The number of aliphatic hydroxyl groups is 1. The monoisotopic (exact) mass is 242 g/mol.